The number of methoxy groups -OCH3 is 2. The Kier molecular flexibility index (Phi) is 4.04. The van der Waals surface area contributed by atoms with Gasteiger partial charge in [-0.15, -0.1) is 0 Å². The fourth-order valence-corrected chi connectivity index (χ4v) is 3.61. The predicted molar refractivity (Wildman–Crippen MR) is 104 cm³/mol. The van der Waals surface area contributed by atoms with E-state index >= 15 is 0 Å². The summed E-state index contributed by atoms with van der Waals surface area (Å²) >= 11 is 0. The van der Waals surface area contributed by atoms with E-state index in [4.69, 9.17) is 9.47 Å². The first-order valence-electron chi connectivity index (χ1n) is 8.60. The smallest absolute Gasteiger partial charge is 0.229 e. The van der Waals surface area contributed by atoms with Crippen LogP contribution in [-0.2, 0) is 4.74 Å². The zero-order chi connectivity index (χ0) is 19.1. The summed E-state index contributed by atoms with van der Waals surface area (Å²) in [6.07, 6.45) is 1.26. The number of fused-ring (bicyclic) bond motifs is 3. The molecule has 4 rings (SSSR count). The molecule has 0 bridgehead atoms. The van der Waals surface area contributed by atoms with E-state index in [1.807, 2.05) is 55.5 Å². The average Bonchev–Trinajstić information content (AvgIpc) is 2.69. The largest absolute Gasteiger partial charge is 0.496 e. The number of ether oxygens (including phenoxy) is 2. The van der Waals surface area contributed by atoms with Crippen LogP contribution in [0.3, 0.4) is 0 Å². The molecule has 3 aromatic carbocycles. The van der Waals surface area contributed by atoms with Gasteiger partial charge in [0.25, 0.3) is 0 Å². The Hall–Kier alpha value is -3.40. The number of rotatable bonds is 3. The van der Waals surface area contributed by atoms with Crippen LogP contribution in [0, 0.1) is 6.92 Å². The number of benzene rings is 3. The molecule has 27 heavy (non-hydrogen) atoms. The molecule has 3 aromatic rings. The number of Topliss-reactive ketones (excluding diaryl/α,β-unsaturated/α-hetero) is 1. The molecule has 0 radical (unpaired) electrons. The average molecular weight is 358 g/mol. The predicted octanol–water partition coefficient (Wildman–Crippen LogP) is 4.73. The maximum atomic E-state index is 13.0. The van der Waals surface area contributed by atoms with Crippen molar-refractivity contribution in [3.63, 3.8) is 0 Å². The molecule has 0 saturated carbocycles. The third-order valence-corrected chi connectivity index (χ3v) is 4.94. The highest BCUT2D eigenvalue weighted by Gasteiger charge is 2.30. The number of hydrogen-bond acceptors (Lipinski definition) is 4. The molecule has 1 aliphatic carbocycles. The van der Waals surface area contributed by atoms with Crippen LogP contribution in [0.15, 0.2) is 60.4 Å². The number of carbonyl (C=O) groups excluding carboxylic acids is 2. The molecule has 0 fully saturated rings. The van der Waals surface area contributed by atoms with Gasteiger partial charge < -0.3 is 9.47 Å². The monoisotopic (exact) mass is 358 g/mol. The molecule has 0 atom stereocenters. The zero-order valence-electron chi connectivity index (χ0n) is 15.3. The quantitative estimate of drug-likeness (QED) is 0.679. The minimum Gasteiger partial charge on any atom is -0.496 e. The van der Waals surface area contributed by atoms with Gasteiger partial charge in [0.2, 0.25) is 5.78 Å². The molecule has 0 aromatic heterocycles. The minimum atomic E-state index is -0.289. The van der Waals surface area contributed by atoms with Crippen LogP contribution in [0.4, 0.5) is 0 Å². The molecule has 4 heteroatoms. The summed E-state index contributed by atoms with van der Waals surface area (Å²) in [6, 6.07) is 15.5. The van der Waals surface area contributed by atoms with Crippen LogP contribution in [0.25, 0.3) is 21.9 Å². The van der Waals surface area contributed by atoms with Crippen LogP contribution >= 0.6 is 0 Å². The fourth-order valence-electron chi connectivity index (χ4n) is 3.61. The molecular weight excluding hydrogens is 340 g/mol. The Morgan fingerprint density at radius 3 is 2.22 bits per heavy atom. The van der Waals surface area contributed by atoms with Crippen molar-refractivity contribution in [2.75, 3.05) is 14.2 Å². The lowest BCUT2D eigenvalue weighted by atomic mass is 9.84. The maximum Gasteiger partial charge on any atom is 0.229 e. The van der Waals surface area contributed by atoms with E-state index in [2.05, 4.69) is 0 Å². The van der Waals surface area contributed by atoms with Gasteiger partial charge in [-0.2, -0.15) is 0 Å². The SMILES string of the molecule is COC1=CC(=O)c2cc(-c3ccccc3)c3cc(C)c(OC)cc3c2C1=O. The number of carbonyl (C=O) groups is 2. The molecule has 0 amide bonds. The van der Waals surface area contributed by atoms with E-state index in [0.29, 0.717) is 22.3 Å². The van der Waals surface area contributed by atoms with Crippen molar-refractivity contribution in [3.8, 4) is 16.9 Å². The van der Waals surface area contributed by atoms with E-state index < -0.39 is 0 Å². The molecule has 4 nitrogen and oxygen atoms in total. The summed E-state index contributed by atoms with van der Waals surface area (Å²) in [4.78, 5) is 25.7. The van der Waals surface area contributed by atoms with Crippen molar-refractivity contribution >= 4 is 22.3 Å². The van der Waals surface area contributed by atoms with Gasteiger partial charge in [-0.25, -0.2) is 0 Å². The van der Waals surface area contributed by atoms with Gasteiger partial charge in [-0.1, -0.05) is 30.3 Å². The standard InChI is InChI=1S/C23H18O4/c1-13-9-16-15(14-7-5-4-6-8-14)10-18-19(24)12-21(27-3)23(25)22(18)17(16)11-20(13)26-2/h4-12H,1-3H3. The highest BCUT2D eigenvalue weighted by molar-refractivity contribution is 6.29. The minimum absolute atomic E-state index is 0.0563. The Labute approximate surface area is 157 Å². The van der Waals surface area contributed by atoms with Crippen LogP contribution in [0.5, 0.6) is 5.75 Å². The van der Waals surface area contributed by atoms with Gasteiger partial charge >= 0.3 is 0 Å². The Morgan fingerprint density at radius 2 is 1.56 bits per heavy atom. The van der Waals surface area contributed by atoms with Crippen LogP contribution in [0.2, 0.25) is 0 Å². The summed E-state index contributed by atoms with van der Waals surface area (Å²) < 4.78 is 10.6. The van der Waals surface area contributed by atoms with Crippen LogP contribution < -0.4 is 4.74 Å². The molecule has 0 saturated heterocycles. The van der Waals surface area contributed by atoms with Gasteiger partial charge in [-0.05, 0) is 52.6 Å². The van der Waals surface area contributed by atoms with Crippen molar-refractivity contribution < 1.29 is 19.1 Å². The summed E-state index contributed by atoms with van der Waals surface area (Å²) in [7, 11) is 2.99. The summed E-state index contributed by atoms with van der Waals surface area (Å²) in [6.45, 7) is 1.96. The zero-order valence-corrected chi connectivity index (χ0v) is 15.3. The van der Waals surface area contributed by atoms with E-state index in [1.54, 1.807) is 7.11 Å². The van der Waals surface area contributed by atoms with Crippen molar-refractivity contribution in [3.05, 3.63) is 77.1 Å². The van der Waals surface area contributed by atoms with E-state index in [9.17, 15) is 9.59 Å². The lowest BCUT2D eigenvalue weighted by Gasteiger charge is -2.20. The van der Waals surface area contributed by atoms with Gasteiger partial charge in [0.1, 0.15) is 5.75 Å². The third-order valence-electron chi connectivity index (χ3n) is 4.94. The third kappa shape index (κ3) is 2.61. The first-order valence-corrected chi connectivity index (χ1v) is 8.60. The van der Waals surface area contributed by atoms with Crippen LogP contribution in [-0.4, -0.2) is 25.8 Å². The lowest BCUT2D eigenvalue weighted by Crippen LogP contribution is -2.19. The van der Waals surface area contributed by atoms with E-state index in [-0.39, 0.29) is 17.3 Å². The topological polar surface area (TPSA) is 52.6 Å². The summed E-state index contributed by atoms with van der Waals surface area (Å²) in [5.74, 6) is 0.201. The van der Waals surface area contributed by atoms with E-state index in [1.165, 1.54) is 13.2 Å². The van der Waals surface area contributed by atoms with Crippen LogP contribution in [0.1, 0.15) is 26.3 Å². The first-order chi connectivity index (χ1) is 13.0. The van der Waals surface area contributed by atoms with Gasteiger partial charge in [0.15, 0.2) is 11.5 Å². The Balaban J connectivity index is 2.15. The van der Waals surface area contributed by atoms with Crippen molar-refractivity contribution in [1.29, 1.82) is 0 Å². The van der Waals surface area contributed by atoms with Crippen molar-refractivity contribution in [2.45, 2.75) is 6.92 Å². The van der Waals surface area contributed by atoms with Gasteiger partial charge in [0.05, 0.1) is 14.2 Å². The van der Waals surface area contributed by atoms with Gasteiger partial charge in [0, 0.05) is 17.2 Å². The second-order valence-corrected chi connectivity index (χ2v) is 6.49. The highest BCUT2D eigenvalue weighted by atomic mass is 16.5. The molecule has 0 aliphatic heterocycles. The number of aryl methyl sites for hydroxylation is 1. The van der Waals surface area contributed by atoms with E-state index in [0.717, 1.165) is 22.1 Å². The fraction of sp³-hybridized carbons (Fsp3) is 0.130. The Bertz CT molecular complexity index is 1120. The first kappa shape index (κ1) is 17.0. The molecule has 0 spiro atoms. The number of hydrogen-bond donors (Lipinski definition) is 0. The summed E-state index contributed by atoms with van der Waals surface area (Å²) in [5, 5.41) is 1.59. The summed E-state index contributed by atoms with van der Waals surface area (Å²) in [5.41, 5.74) is 3.60. The molecule has 0 unspecified atom stereocenters. The number of ketones is 2. The van der Waals surface area contributed by atoms with Crippen molar-refractivity contribution in [2.24, 2.45) is 0 Å². The Morgan fingerprint density at radius 1 is 0.815 bits per heavy atom. The highest BCUT2D eigenvalue weighted by Crippen LogP contribution is 2.39. The van der Waals surface area contributed by atoms with Gasteiger partial charge in [-0.3, -0.25) is 9.59 Å². The second kappa shape index (κ2) is 6.40. The molecular formula is C23H18O4. The molecule has 0 N–H and O–H groups in total. The lowest BCUT2D eigenvalue weighted by molar-refractivity contribution is 0.0918. The second-order valence-electron chi connectivity index (χ2n) is 6.49. The maximum absolute atomic E-state index is 13.0. The molecule has 0 heterocycles. The molecule has 134 valence electrons. The number of allylic oxidation sites excluding steroid dienone is 2. The molecule has 1 aliphatic rings. The van der Waals surface area contributed by atoms with Crippen molar-refractivity contribution in [1.82, 2.24) is 0 Å². The normalized spacial score (nSPS) is 13.4.